The molecule has 1 aliphatic heterocycles. The van der Waals surface area contributed by atoms with Gasteiger partial charge in [0.2, 0.25) is 0 Å². The molecule has 0 N–H and O–H groups in total. The molecule has 0 amide bonds. The Morgan fingerprint density at radius 2 is 2.00 bits per heavy atom. The van der Waals surface area contributed by atoms with Crippen LogP contribution in [-0.4, -0.2) is 57.9 Å². The number of fused-ring (bicyclic) bond motifs is 3. The molecule has 0 spiro atoms. The van der Waals surface area contributed by atoms with E-state index in [1.165, 1.54) is 29.1 Å². The molecule has 1 aliphatic carbocycles. The van der Waals surface area contributed by atoms with E-state index in [0.717, 1.165) is 67.2 Å². The molecule has 3 aromatic heterocycles. The zero-order chi connectivity index (χ0) is 21.7. The Labute approximate surface area is 186 Å². The number of morpholine rings is 1. The van der Waals surface area contributed by atoms with Crippen LogP contribution in [0.1, 0.15) is 28.9 Å². The number of hydrogen-bond acceptors (Lipinski definition) is 7. The summed E-state index contributed by atoms with van der Waals surface area (Å²) in [5.74, 6) is 2.14. The highest BCUT2D eigenvalue weighted by molar-refractivity contribution is 5.92. The Bertz CT molecular complexity index is 1300. The van der Waals surface area contributed by atoms with Gasteiger partial charge in [-0.3, -0.25) is 0 Å². The second kappa shape index (κ2) is 7.70. The first kappa shape index (κ1) is 19.4. The van der Waals surface area contributed by atoms with Gasteiger partial charge in [-0.1, -0.05) is 12.1 Å². The second-order valence-electron chi connectivity index (χ2n) is 8.74. The predicted octanol–water partition coefficient (Wildman–Crippen LogP) is 2.94. The van der Waals surface area contributed by atoms with Crippen molar-refractivity contribution >= 4 is 28.2 Å². The predicted molar refractivity (Wildman–Crippen MR) is 124 cm³/mol. The van der Waals surface area contributed by atoms with Crippen molar-refractivity contribution < 1.29 is 4.74 Å². The lowest BCUT2D eigenvalue weighted by Gasteiger charge is -2.30. The van der Waals surface area contributed by atoms with Crippen LogP contribution in [0.3, 0.4) is 0 Å². The van der Waals surface area contributed by atoms with E-state index in [1.807, 2.05) is 12.1 Å². The quantitative estimate of drug-likeness (QED) is 0.494. The van der Waals surface area contributed by atoms with Crippen molar-refractivity contribution in [2.45, 2.75) is 32.7 Å². The van der Waals surface area contributed by atoms with Crippen LogP contribution in [0.15, 0.2) is 30.6 Å². The summed E-state index contributed by atoms with van der Waals surface area (Å²) in [4.78, 5) is 18.6. The average molecular weight is 430 g/mol. The van der Waals surface area contributed by atoms with Gasteiger partial charge in [-0.2, -0.15) is 9.61 Å². The van der Waals surface area contributed by atoms with Crippen molar-refractivity contribution in [3.63, 3.8) is 0 Å². The Kier molecular flexibility index (Phi) is 4.68. The van der Waals surface area contributed by atoms with E-state index in [2.05, 4.69) is 50.4 Å². The molecular weight excluding hydrogens is 402 g/mol. The van der Waals surface area contributed by atoms with Crippen LogP contribution < -0.4 is 9.80 Å². The van der Waals surface area contributed by atoms with E-state index in [4.69, 9.17) is 14.8 Å². The van der Waals surface area contributed by atoms with Gasteiger partial charge in [-0.05, 0) is 37.8 Å². The molecule has 8 heteroatoms. The molecule has 4 aromatic rings. The summed E-state index contributed by atoms with van der Waals surface area (Å²) in [6, 6.07) is 8.30. The molecule has 0 bridgehead atoms. The van der Waals surface area contributed by atoms with E-state index in [0.29, 0.717) is 6.54 Å². The normalized spacial score (nSPS) is 16.1. The maximum absolute atomic E-state index is 5.60. The van der Waals surface area contributed by atoms with Gasteiger partial charge in [0.1, 0.15) is 18.0 Å². The molecule has 1 aromatic carbocycles. The lowest BCUT2D eigenvalue weighted by atomic mass is 10.1. The highest BCUT2D eigenvalue weighted by Gasteiger charge is 2.26. The number of rotatable bonds is 4. The molecule has 0 atom stereocenters. The van der Waals surface area contributed by atoms with E-state index in [9.17, 15) is 0 Å². The summed E-state index contributed by atoms with van der Waals surface area (Å²) in [5, 5.41) is 6.11. The minimum atomic E-state index is 0.650. The third kappa shape index (κ3) is 3.17. The highest BCUT2D eigenvalue weighted by Crippen LogP contribution is 2.32. The second-order valence-corrected chi connectivity index (χ2v) is 8.74. The van der Waals surface area contributed by atoms with Crippen LogP contribution >= 0.6 is 0 Å². The Morgan fingerprint density at radius 3 is 2.88 bits per heavy atom. The molecule has 0 saturated carbocycles. The lowest BCUT2D eigenvalue weighted by molar-refractivity contribution is 0.122. The van der Waals surface area contributed by atoms with Crippen molar-refractivity contribution in [2.24, 2.45) is 0 Å². The van der Waals surface area contributed by atoms with Gasteiger partial charge in [0.15, 0.2) is 5.65 Å². The average Bonchev–Trinajstić information content (AvgIpc) is 3.43. The summed E-state index contributed by atoms with van der Waals surface area (Å²) in [6.45, 7) is 6.07. The standard InChI is InChI=1S/C24H27N7O/c1-16-5-3-8-20-22(16)23(26-15-25-20)29(2)14-17-13-21-27-19-7-4-6-18(19)24(31(21)28-17)30-9-11-32-12-10-30/h3,5,8,13,15H,4,6-7,9-12,14H2,1-2H3. The number of hydrogen-bond donors (Lipinski definition) is 0. The maximum Gasteiger partial charge on any atom is 0.157 e. The molecule has 1 fully saturated rings. The van der Waals surface area contributed by atoms with Gasteiger partial charge in [0, 0.05) is 42.8 Å². The zero-order valence-electron chi connectivity index (χ0n) is 18.6. The van der Waals surface area contributed by atoms with Crippen molar-refractivity contribution in [3.8, 4) is 0 Å². The minimum absolute atomic E-state index is 0.650. The summed E-state index contributed by atoms with van der Waals surface area (Å²) in [6.07, 6.45) is 4.94. The zero-order valence-corrected chi connectivity index (χ0v) is 18.6. The Balaban J connectivity index is 1.40. The Morgan fingerprint density at radius 1 is 1.12 bits per heavy atom. The number of nitrogens with zero attached hydrogens (tertiary/aromatic N) is 7. The molecular formula is C24H27N7O. The van der Waals surface area contributed by atoms with Crippen LogP contribution in [0.4, 0.5) is 11.6 Å². The van der Waals surface area contributed by atoms with Gasteiger partial charge < -0.3 is 14.5 Å². The number of ether oxygens (including phenoxy) is 1. The maximum atomic E-state index is 5.60. The first-order chi connectivity index (χ1) is 15.7. The monoisotopic (exact) mass is 429 g/mol. The number of aromatic nitrogens is 5. The van der Waals surface area contributed by atoms with E-state index < -0.39 is 0 Å². The molecule has 164 valence electrons. The molecule has 6 rings (SSSR count). The molecule has 4 heterocycles. The fraction of sp³-hybridized carbons (Fsp3) is 0.417. The molecule has 0 radical (unpaired) electrons. The minimum Gasteiger partial charge on any atom is -0.378 e. The number of aryl methyl sites for hydroxylation is 2. The van der Waals surface area contributed by atoms with Gasteiger partial charge in [0.25, 0.3) is 0 Å². The van der Waals surface area contributed by atoms with Crippen LogP contribution in [0.5, 0.6) is 0 Å². The number of benzene rings is 1. The van der Waals surface area contributed by atoms with Crippen LogP contribution in [-0.2, 0) is 24.1 Å². The lowest BCUT2D eigenvalue weighted by Crippen LogP contribution is -2.38. The number of anilines is 2. The smallest absolute Gasteiger partial charge is 0.157 e. The van der Waals surface area contributed by atoms with Crippen molar-refractivity contribution in [1.29, 1.82) is 0 Å². The Hall–Kier alpha value is -3.26. The van der Waals surface area contributed by atoms with Crippen LogP contribution in [0, 0.1) is 6.92 Å². The van der Waals surface area contributed by atoms with Gasteiger partial charge in [0.05, 0.1) is 31.0 Å². The summed E-state index contributed by atoms with van der Waals surface area (Å²) in [5.41, 5.74) is 6.64. The summed E-state index contributed by atoms with van der Waals surface area (Å²) < 4.78 is 7.66. The SMILES string of the molecule is Cc1cccc2ncnc(N(C)Cc3cc4nc5c(c(N6CCOCC6)n4n3)CCC5)c12. The largest absolute Gasteiger partial charge is 0.378 e. The van der Waals surface area contributed by atoms with Crippen LogP contribution in [0.2, 0.25) is 0 Å². The molecule has 2 aliphatic rings. The molecule has 8 nitrogen and oxygen atoms in total. The summed E-state index contributed by atoms with van der Waals surface area (Å²) in [7, 11) is 2.06. The van der Waals surface area contributed by atoms with Crippen molar-refractivity contribution in [3.05, 3.63) is 53.1 Å². The van der Waals surface area contributed by atoms with Crippen molar-refractivity contribution in [2.75, 3.05) is 43.2 Å². The fourth-order valence-electron chi connectivity index (χ4n) is 5.06. The summed E-state index contributed by atoms with van der Waals surface area (Å²) >= 11 is 0. The van der Waals surface area contributed by atoms with E-state index in [-0.39, 0.29) is 0 Å². The van der Waals surface area contributed by atoms with Gasteiger partial charge in [-0.15, -0.1) is 0 Å². The fourth-order valence-corrected chi connectivity index (χ4v) is 5.06. The van der Waals surface area contributed by atoms with Crippen molar-refractivity contribution in [1.82, 2.24) is 24.6 Å². The van der Waals surface area contributed by atoms with Gasteiger partial charge in [-0.25, -0.2) is 15.0 Å². The van der Waals surface area contributed by atoms with Gasteiger partial charge >= 0.3 is 0 Å². The third-order valence-electron chi connectivity index (χ3n) is 6.57. The van der Waals surface area contributed by atoms with E-state index >= 15 is 0 Å². The van der Waals surface area contributed by atoms with Crippen LogP contribution in [0.25, 0.3) is 16.6 Å². The molecule has 0 unspecified atom stereocenters. The molecule has 1 saturated heterocycles. The third-order valence-corrected chi connectivity index (χ3v) is 6.57. The first-order valence-corrected chi connectivity index (χ1v) is 11.3. The molecule has 32 heavy (non-hydrogen) atoms. The van der Waals surface area contributed by atoms with E-state index in [1.54, 1.807) is 6.33 Å². The first-order valence-electron chi connectivity index (χ1n) is 11.3. The highest BCUT2D eigenvalue weighted by atomic mass is 16.5. The topological polar surface area (TPSA) is 71.7 Å².